The first kappa shape index (κ1) is 10.3. The molecule has 0 atom stereocenters. The Kier molecular flexibility index (Phi) is 3.49. The highest BCUT2D eigenvalue weighted by molar-refractivity contribution is 5.37. The zero-order chi connectivity index (χ0) is 9.84. The van der Waals surface area contributed by atoms with Crippen LogP contribution in [0.1, 0.15) is 28.7 Å². The van der Waals surface area contributed by atoms with Gasteiger partial charge in [-0.25, -0.2) is 0 Å². The molecule has 72 valence electrons. The fourth-order valence-corrected chi connectivity index (χ4v) is 1.86. The lowest BCUT2D eigenvalue weighted by molar-refractivity contribution is 0.288. The van der Waals surface area contributed by atoms with Gasteiger partial charge in [0.2, 0.25) is 0 Å². The first-order valence-corrected chi connectivity index (χ1v) is 4.82. The first-order chi connectivity index (χ1) is 6.15. The largest absolute Gasteiger partial charge is 0.396 e. The molecule has 0 saturated heterocycles. The Morgan fingerprint density at radius 1 is 1.08 bits per heavy atom. The van der Waals surface area contributed by atoms with Gasteiger partial charge in [-0.3, -0.25) is 0 Å². The Morgan fingerprint density at radius 2 is 1.62 bits per heavy atom. The lowest BCUT2D eigenvalue weighted by Gasteiger charge is -2.10. The molecule has 0 aromatic heterocycles. The number of aliphatic hydroxyl groups excluding tert-OH is 1. The van der Waals surface area contributed by atoms with E-state index in [1.165, 1.54) is 22.3 Å². The first-order valence-electron chi connectivity index (χ1n) is 4.82. The molecule has 0 spiro atoms. The van der Waals surface area contributed by atoms with E-state index in [1.807, 2.05) is 0 Å². The summed E-state index contributed by atoms with van der Waals surface area (Å²) in [5.41, 5.74) is 5.43. The second-order valence-electron chi connectivity index (χ2n) is 3.70. The van der Waals surface area contributed by atoms with E-state index in [0.717, 1.165) is 12.8 Å². The summed E-state index contributed by atoms with van der Waals surface area (Å²) in [6.45, 7) is 6.70. The molecule has 1 aromatic carbocycles. The van der Waals surface area contributed by atoms with Gasteiger partial charge in [0.25, 0.3) is 0 Å². The van der Waals surface area contributed by atoms with Gasteiger partial charge < -0.3 is 5.11 Å². The molecule has 0 saturated carbocycles. The molecule has 0 bridgehead atoms. The van der Waals surface area contributed by atoms with Gasteiger partial charge in [0.1, 0.15) is 0 Å². The predicted octanol–water partition coefficient (Wildman–Crippen LogP) is 2.54. The second-order valence-corrected chi connectivity index (χ2v) is 3.70. The molecule has 1 heteroatoms. The van der Waals surface area contributed by atoms with Gasteiger partial charge in [0.05, 0.1) is 0 Å². The van der Waals surface area contributed by atoms with E-state index in [0.29, 0.717) is 0 Å². The van der Waals surface area contributed by atoms with Crippen LogP contribution in [0.4, 0.5) is 0 Å². The summed E-state index contributed by atoms with van der Waals surface area (Å²) in [5.74, 6) is 0. The smallest absolute Gasteiger partial charge is 0.0434 e. The van der Waals surface area contributed by atoms with Crippen molar-refractivity contribution in [1.29, 1.82) is 0 Å². The minimum atomic E-state index is 0.284. The molecule has 0 unspecified atom stereocenters. The molecular weight excluding hydrogens is 160 g/mol. The molecule has 0 aliphatic rings. The van der Waals surface area contributed by atoms with Crippen LogP contribution < -0.4 is 0 Å². The van der Waals surface area contributed by atoms with Crippen LogP contribution in [0.3, 0.4) is 0 Å². The third kappa shape index (κ3) is 2.56. The van der Waals surface area contributed by atoms with Gasteiger partial charge in [-0.15, -0.1) is 0 Å². The maximum atomic E-state index is 8.76. The second kappa shape index (κ2) is 4.43. The monoisotopic (exact) mass is 178 g/mol. The Morgan fingerprint density at radius 3 is 2.08 bits per heavy atom. The maximum Gasteiger partial charge on any atom is 0.0434 e. The van der Waals surface area contributed by atoms with Crippen LogP contribution in [-0.2, 0) is 6.42 Å². The number of rotatable bonds is 3. The average Bonchev–Trinajstić information content (AvgIpc) is 2.02. The van der Waals surface area contributed by atoms with Crippen LogP contribution >= 0.6 is 0 Å². The summed E-state index contributed by atoms with van der Waals surface area (Å²) < 4.78 is 0. The van der Waals surface area contributed by atoms with Crippen molar-refractivity contribution < 1.29 is 5.11 Å². The Hall–Kier alpha value is -0.820. The number of aryl methyl sites for hydroxylation is 3. The van der Waals surface area contributed by atoms with Gasteiger partial charge in [0.15, 0.2) is 0 Å². The molecule has 0 amide bonds. The van der Waals surface area contributed by atoms with E-state index < -0.39 is 0 Å². The fraction of sp³-hybridized carbons (Fsp3) is 0.500. The van der Waals surface area contributed by atoms with E-state index in [1.54, 1.807) is 0 Å². The zero-order valence-corrected chi connectivity index (χ0v) is 8.72. The van der Waals surface area contributed by atoms with Crippen molar-refractivity contribution in [3.05, 3.63) is 34.4 Å². The van der Waals surface area contributed by atoms with Crippen molar-refractivity contribution in [2.24, 2.45) is 0 Å². The van der Waals surface area contributed by atoms with Gasteiger partial charge >= 0.3 is 0 Å². The summed E-state index contributed by atoms with van der Waals surface area (Å²) >= 11 is 0. The highest BCUT2D eigenvalue weighted by atomic mass is 16.2. The Balaban J connectivity index is 2.92. The van der Waals surface area contributed by atoms with Crippen molar-refractivity contribution in [1.82, 2.24) is 0 Å². The molecule has 1 nitrogen and oxygen atoms in total. The Bertz CT molecular complexity index is 266. The van der Waals surface area contributed by atoms with Crippen molar-refractivity contribution in [3.63, 3.8) is 0 Å². The molecule has 13 heavy (non-hydrogen) atoms. The summed E-state index contributed by atoms with van der Waals surface area (Å²) in [6.07, 6.45) is 1.86. The molecule has 1 rings (SSSR count). The zero-order valence-electron chi connectivity index (χ0n) is 8.72. The quantitative estimate of drug-likeness (QED) is 0.754. The molecular formula is C12H18O. The molecule has 0 radical (unpaired) electrons. The van der Waals surface area contributed by atoms with Crippen LogP contribution in [0.2, 0.25) is 0 Å². The third-order valence-corrected chi connectivity index (χ3v) is 2.43. The third-order valence-electron chi connectivity index (χ3n) is 2.43. The number of hydrogen-bond donors (Lipinski definition) is 1. The minimum Gasteiger partial charge on any atom is -0.396 e. The van der Waals surface area contributed by atoms with Crippen LogP contribution in [0.5, 0.6) is 0 Å². The van der Waals surface area contributed by atoms with E-state index in [9.17, 15) is 0 Å². The summed E-state index contributed by atoms with van der Waals surface area (Å²) in [4.78, 5) is 0. The van der Waals surface area contributed by atoms with Crippen molar-refractivity contribution in [2.45, 2.75) is 33.6 Å². The molecule has 1 aromatic rings. The highest BCUT2D eigenvalue weighted by Crippen LogP contribution is 2.17. The summed E-state index contributed by atoms with van der Waals surface area (Å²) in [7, 11) is 0. The highest BCUT2D eigenvalue weighted by Gasteiger charge is 2.02. The summed E-state index contributed by atoms with van der Waals surface area (Å²) in [6, 6.07) is 4.42. The van der Waals surface area contributed by atoms with Crippen LogP contribution in [0, 0.1) is 20.8 Å². The van der Waals surface area contributed by atoms with Crippen molar-refractivity contribution >= 4 is 0 Å². The van der Waals surface area contributed by atoms with Crippen LogP contribution in [0.25, 0.3) is 0 Å². The minimum absolute atomic E-state index is 0.284. The van der Waals surface area contributed by atoms with Crippen molar-refractivity contribution in [2.75, 3.05) is 6.61 Å². The van der Waals surface area contributed by atoms with E-state index in [4.69, 9.17) is 5.11 Å². The van der Waals surface area contributed by atoms with Crippen LogP contribution in [-0.4, -0.2) is 11.7 Å². The average molecular weight is 178 g/mol. The van der Waals surface area contributed by atoms with Gasteiger partial charge in [-0.1, -0.05) is 17.7 Å². The standard InChI is InChI=1S/C12H18O/c1-9-7-10(2)12(5-4-6-13)11(3)8-9/h7-8,13H,4-6H2,1-3H3. The predicted molar refractivity (Wildman–Crippen MR) is 56.1 cm³/mol. The SMILES string of the molecule is Cc1cc(C)c(CCCO)c(C)c1. The molecule has 0 aliphatic heterocycles. The van der Waals surface area contributed by atoms with Gasteiger partial charge in [-0.05, 0) is 50.3 Å². The van der Waals surface area contributed by atoms with Crippen LogP contribution in [0.15, 0.2) is 12.1 Å². The van der Waals surface area contributed by atoms with E-state index in [2.05, 4.69) is 32.9 Å². The lowest BCUT2D eigenvalue weighted by atomic mass is 9.96. The fourth-order valence-electron chi connectivity index (χ4n) is 1.86. The lowest BCUT2D eigenvalue weighted by Crippen LogP contribution is -1.97. The molecule has 1 N–H and O–H groups in total. The van der Waals surface area contributed by atoms with Gasteiger partial charge in [-0.2, -0.15) is 0 Å². The summed E-state index contributed by atoms with van der Waals surface area (Å²) in [5, 5.41) is 8.76. The maximum absolute atomic E-state index is 8.76. The molecule has 0 fully saturated rings. The number of hydrogen-bond acceptors (Lipinski definition) is 1. The van der Waals surface area contributed by atoms with E-state index >= 15 is 0 Å². The molecule has 0 aliphatic carbocycles. The molecule has 0 heterocycles. The van der Waals surface area contributed by atoms with Crippen molar-refractivity contribution in [3.8, 4) is 0 Å². The topological polar surface area (TPSA) is 20.2 Å². The normalized spacial score (nSPS) is 10.5. The number of aliphatic hydroxyl groups is 1. The number of benzene rings is 1. The Labute approximate surface area is 80.4 Å². The van der Waals surface area contributed by atoms with E-state index in [-0.39, 0.29) is 6.61 Å². The van der Waals surface area contributed by atoms with Gasteiger partial charge in [0, 0.05) is 6.61 Å².